The number of hydrogen-bond donors (Lipinski definition) is 0. The van der Waals surface area contributed by atoms with E-state index in [1.165, 1.54) is 22.3 Å². The van der Waals surface area contributed by atoms with Crippen molar-refractivity contribution in [1.82, 2.24) is 0 Å². The second kappa shape index (κ2) is 10.6. The lowest BCUT2D eigenvalue weighted by atomic mass is 9.79. The second-order valence-corrected chi connectivity index (χ2v) is 7.93. The molecule has 0 aliphatic heterocycles. The van der Waals surface area contributed by atoms with Gasteiger partial charge in [-0.15, -0.1) is 12.4 Å². The molecule has 2 heteroatoms. The Balaban J connectivity index is 0.00000289. The van der Waals surface area contributed by atoms with Crippen molar-refractivity contribution in [1.29, 1.82) is 0 Å². The molecule has 0 saturated carbocycles. The molecule has 0 aliphatic rings. The van der Waals surface area contributed by atoms with Gasteiger partial charge >= 0.3 is 0 Å². The van der Waals surface area contributed by atoms with Crippen LogP contribution in [0, 0.1) is 0 Å². The lowest BCUT2D eigenvalue weighted by molar-refractivity contribution is -0.130. The number of benzene rings is 4. The summed E-state index contributed by atoms with van der Waals surface area (Å²) in [6.07, 6.45) is 1.64. The molecule has 4 aromatic rings. The quantitative estimate of drug-likeness (QED) is 0.267. The predicted octanol–water partition coefficient (Wildman–Crippen LogP) is 8.13. The Kier molecular flexibility index (Phi) is 7.90. The van der Waals surface area contributed by atoms with Crippen LogP contribution in [0.2, 0.25) is 0 Å². The maximum atomic E-state index is 7.47. The molecule has 0 heterocycles. The van der Waals surface area contributed by atoms with E-state index in [2.05, 4.69) is 135 Å². The van der Waals surface area contributed by atoms with Crippen molar-refractivity contribution in [2.24, 2.45) is 0 Å². The van der Waals surface area contributed by atoms with E-state index in [4.69, 9.17) is 4.74 Å². The molecule has 164 valence electrons. The van der Waals surface area contributed by atoms with Gasteiger partial charge in [0.05, 0.1) is 0 Å². The van der Waals surface area contributed by atoms with E-state index in [9.17, 15) is 0 Å². The van der Waals surface area contributed by atoms with Gasteiger partial charge in [-0.25, -0.2) is 0 Å². The molecule has 0 amide bonds. The van der Waals surface area contributed by atoms with Gasteiger partial charge in [-0.1, -0.05) is 135 Å². The molecule has 0 bridgehead atoms. The van der Waals surface area contributed by atoms with Crippen LogP contribution in [0.25, 0.3) is 0 Å². The molecule has 1 nitrogen and oxygen atoms in total. The van der Waals surface area contributed by atoms with Gasteiger partial charge in [-0.05, 0) is 35.1 Å². The lowest BCUT2D eigenvalue weighted by Crippen LogP contribution is -2.42. The molecule has 0 fully saturated rings. The van der Waals surface area contributed by atoms with Crippen LogP contribution in [0.1, 0.15) is 48.9 Å². The fourth-order valence-electron chi connectivity index (χ4n) is 4.66. The maximum Gasteiger partial charge on any atom is 0.119 e. The first kappa shape index (κ1) is 23.8. The van der Waals surface area contributed by atoms with E-state index in [1.807, 2.05) is 0 Å². The van der Waals surface area contributed by atoms with Gasteiger partial charge in [0, 0.05) is 0 Å². The van der Waals surface area contributed by atoms with E-state index >= 15 is 0 Å². The first-order valence-corrected chi connectivity index (χ1v) is 11.2. The lowest BCUT2D eigenvalue weighted by Gasteiger charge is -2.45. The molecule has 0 aromatic heterocycles. The highest BCUT2D eigenvalue weighted by atomic mass is 35.5. The van der Waals surface area contributed by atoms with Crippen LogP contribution >= 0.6 is 12.4 Å². The third-order valence-corrected chi connectivity index (χ3v) is 6.30. The van der Waals surface area contributed by atoms with Crippen molar-refractivity contribution in [3.05, 3.63) is 144 Å². The molecule has 0 aliphatic carbocycles. The van der Waals surface area contributed by atoms with Gasteiger partial charge < -0.3 is 4.74 Å². The average molecular weight is 443 g/mol. The Bertz CT molecular complexity index is 895. The van der Waals surface area contributed by atoms with Crippen LogP contribution in [0.15, 0.2) is 121 Å². The summed E-state index contributed by atoms with van der Waals surface area (Å²) in [5.74, 6) is 0. The van der Waals surface area contributed by atoms with Gasteiger partial charge in [-0.3, -0.25) is 0 Å². The highest BCUT2D eigenvalue weighted by Gasteiger charge is 2.44. The zero-order valence-corrected chi connectivity index (χ0v) is 19.6. The molecule has 4 aromatic carbocycles. The summed E-state index contributed by atoms with van der Waals surface area (Å²) >= 11 is 0. The van der Waals surface area contributed by atoms with Crippen molar-refractivity contribution in [3.8, 4) is 0 Å². The summed E-state index contributed by atoms with van der Waals surface area (Å²) in [4.78, 5) is 0. The minimum absolute atomic E-state index is 0. The summed E-state index contributed by atoms with van der Waals surface area (Å²) in [5.41, 5.74) is 3.54. The van der Waals surface area contributed by atoms with E-state index in [1.54, 1.807) is 0 Å². The molecule has 32 heavy (non-hydrogen) atoms. The predicted molar refractivity (Wildman–Crippen MR) is 136 cm³/mol. The summed E-state index contributed by atoms with van der Waals surface area (Å²) in [7, 11) is 0. The largest absolute Gasteiger partial charge is 0.350 e. The Hall–Kier alpha value is -2.87. The third-order valence-electron chi connectivity index (χ3n) is 6.30. The molecule has 0 atom stereocenters. The molecule has 0 N–H and O–H groups in total. The van der Waals surface area contributed by atoms with Crippen LogP contribution in [0.5, 0.6) is 0 Å². The minimum Gasteiger partial charge on any atom is -0.350 e. The van der Waals surface area contributed by atoms with Crippen LogP contribution in [0.4, 0.5) is 0 Å². The maximum absolute atomic E-state index is 7.47. The van der Waals surface area contributed by atoms with E-state index in [-0.39, 0.29) is 12.4 Å². The van der Waals surface area contributed by atoms with Gasteiger partial charge in [-0.2, -0.15) is 0 Å². The van der Waals surface area contributed by atoms with Crippen molar-refractivity contribution < 1.29 is 4.74 Å². The summed E-state index contributed by atoms with van der Waals surface area (Å²) in [6.45, 7) is 4.44. The van der Waals surface area contributed by atoms with Crippen molar-refractivity contribution in [2.45, 2.75) is 37.9 Å². The Labute approximate surface area is 198 Å². The van der Waals surface area contributed by atoms with Crippen LogP contribution in [0.3, 0.4) is 0 Å². The van der Waals surface area contributed by atoms with Crippen molar-refractivity contribution in [2.75, 3.05) is 0 Å². The molecule has 4 rings (SSSR count). The zero-order valence-electron chi connectivity index (χ0n) is 18.8. The fraction of sp³-hybridized carbons (Fsp3) is 0.200. The van der Waals surface area contributed by atoms with Crippen LogP contribution < -0.4 is 0 Å². The van der Waals surface area contributed by atoms with Crippen molar-refractivity contribution in [3.63, 3.8) is 0 Å². The second-order valence-electron chi connectivity index (χ2n) is 7.93. The van der Waals surface area contributed by atoms with Crippen LogP contribution in [-0.2, 0) is 15.9 Å². The molecule has 0 saturated heterocycles. The normalized spacial score (nSPS) is 11.6. The van der Waals surface area contributed by atoms with Gasteiger partial charge in [0.25, 0.3) is 0 Å². The highest BCUT2D eigenvalue weighted by molar-refractivity contribution is 5.85. The number of ether oxygens (including phenoxy) is 1. The number of hydrogen-bond acceptors (Lipinski definition) is 1. The van der Waals surface area contributed by atoms with Gasteiger partial charge in [0.15, 0.2) is 0 Å². The summed E-state index contributed by atoms with van der Waals surface area (Å²) in [6, 6.07) is 42.6. The fourth-order valence-corrected chi connectivity index (χ4v) is 4.66. The van der Waals surface area contributed by atoms with Crippen LogP contribution in [-0.4, -0.2) is 0 Å². The molecule has 0 unspecified atom stereocenters. The first-order valence-electron chi connectivity index (χ1n) is 11.2. The topological polar surface area (TPSA) is 9.23 Å². The zero-order chi connectivity index (χ0) is 21.6. The highest BCUT2D eigenvalue weighted by Crippen LogP contribution is 2.47. The van der Waals surface area contributed by atoms with Crippen molar-refractivity contribution >= 4 is 12.4 Å². The van der Waals surface area contributed by atoms with Gasteiger partial charge in [0.2, 0.25) is 0 Å². The molecular weight excluding hydrogens is 412 g/mol. The number of halogens is 1. The standard InChI is InChI=1S/C30H30O.ClH/c1-3-29(25-17-9-5-10-18-25,26-19-11-6-12-20-26)31-30(4-2,27-21-13-7-14-22-27)28-23-15-8-16-24-28;/h5-24H,3-4H2,1-2H3;1H. The Morgan fingerprint density at radius 3 is 0.844 bits per heavy atom. The monoisotopic (exact) mass is 442 g/mol. The Morgan fingerprint density at radius 2 is 0.656 bits per heavy atom. The smallest absolute Gasteiger partial charge is 0.119 e. The van der Waals surface area contributed by atoms with E-state index in [0.717, 1.165) is 12.8 Å². The van der Waals surface area contributed by atoms with E-state index in [0.29, 0.717) is 0 Å². The minimum atomic E-state index is -0.579. The summed E-state index contributed by atoms with van der Waals surface area (Å²) in [5, 5.41) is 0. The third kappa shape index (κ3) is 4.37. The van der Waals surface area contributed by atoms with E-state index < -0.39 is 11.2 Å². The Morgan fingerprint density at radius 1 is 0.438 bits per heavy atom. The molecule has 0 radical (unpaired) electrons. The molecular formula is C30H31ClO. The van der Waals surface area contributed by atoms with Gasteiger partial charge in [0.1, 0.15) is 11.2 Å². The summed E-state index contributed by atoms with van der Waals surface area (Å²) < 4.78 is 7.47. The molecule has 0 spiro atoms. The first-order chi connectivity index (χ1) is 15.2. The number of rotatable bonds is 8. The average Bonchev–Trinajstić information content (AvgIpc) is 2.87. The SMILES string of the molecule is CCC(OC(CC)(c1ccccc1)c1ccccc1)(c1ccccc1)c1ccccc1.Cl.